The quantitative estimate of drug-likeness (QED) is 0.502. The molecule has 26 heavy (non-hydrogen) atoms. The summed E-state index contributed by atoms with van der Waals surface area (Å²) in [6.07, 6.45) is 6.80. The van der Waals surface area contributed by atoms with E-state index in [1.807, 2.05) is 41.1 Å². The summed E-state index contributed by atoms with van der Waals surface area (Å²) in [4.78, 5) is 12.8. The lowest BCUT2D eigenvalue weighted by Gasteiger charge is -2.11. The van der Waals surface area contributed by atoms with Crippen LogP contribution in [0.15, 0.2) is 73.4 Å². The number of hydrogen-bond donors (Lipinski definition) is 0. The number of hydrogen-bond acceptors (Lipinski definition) is 5. The normalized spacial score (nSPS) is 11.2. The minimum Gasteiger partial charge on any atom is -0.485 e. The monoisotopic (exact) mass is 342 g/mol. The summed E-state index contributed by atoms with van der Waals surface area (Å²) in [7, 11) is 0. The van der Waals surface area contributed by atoms with E-state index in [-0.39, 0.29) is 0 Å². The maximum Gasteiger partial charge on any atom is 0.254 e. The molecule has 3 heterocycles. The fourth-order valence-electron chi connectivity index (χ4n) is 3.02. The van der Waals surface area contributed by atoms with Crippen LogP contribution >= 0.6 is 0 Å². The third-order valence-electron chi connectivity index (χ3n) is 4.23. The number of rotatable bonds is 4. The molecule has 0 spiro atoms. The van der Waals surface area contributed by atoms with Gasteiger partial charge in [-0.3, -0.25) is 4.57 Å². The van der Waals surface area contributed by atoms with Crippen LogP contribution in [-0.4, -0.2) is 29.1 Å². The predicted octanol–water partition coefficient (Wildman–Crippen LogP) is 3.04. The largest absolute Gasteiger partial charge is 0.485 e. The van der Waals surface area contributed by atoms with Gasteiger partial charge in [-0.15, -0.1) is 0 Å². The van der Waals surface area contributed by atoms with E-state index in [2.05, 4.69) is 38.2 Å². The van der Waals surface area contributed by atoms with Crippen molar-refractivity contribution in [3.8, 4) is 11.6 Å². The van der Waals surface area contributed by atoms with E-state index >= 15 is 0 Å². The van der Waals surface area contributed by atoms with Crippen LogP contribution in [-0.2, 0) is 6.61 Å². The first-order valence-corrected chi connectivity index (χ1v) is 8.18. The number of imidazole rings is 1. The second-order valence-corrected chi connectivity index (χ2v) is 5.75. The van der Waals surface area contributed by atoms with Gasteiger partial charge in [-0.1, -0.05) is 36.4 Å². The van der Waals surface area contributed by atoms with E-state index in [4.69, 9.17) is 4.74 Å². The molecule has 0 unspecified atom stereocenters. The van der Waals surface area contributed by atoms with E-state index in [9.17, 15) is 0 Å². The maximum absolute atomic E-state index is 6.08. The lowest BCUT2D eigenvalue weighted by Crippen LogP contribution is -2.09. The lowest BCUT2D eigenvalue weighted by molar-refractivity contribution is 0.297. The molecule has 0 bridgehead atoms. The Kier molecular flexibility index (Phi) is 3.35. The van der Waals surface area contributed by atoms with Gasteiger partial charge in [0, 0.05) is 30.0 Å². The van der Waals surface area contributed by atoms with Gasteiger partial charge in [-0.25, -0.2) is 9.97 Å². The zero-order valence-electron chi connectivity index (χ0n) is 13.7. The molecule has 0 N–H and O–H groups in total. The average Bonchev–Trinajstić information content (AvgIpc) is 3.35. The highest BCUT2D eigenvalue weighted by Crippen LogP contribution is 2.26. The maximum atomic E-state index is 6.08. The topological polar surface area (TPSA) is 70.1 Å². The van der Waals surface area contributed by atoms with Crippen LogP contribution in [0.2, 0.25) is 0 Å². The summed E-state index contributed by atoms with van der Waals surface area (Å²) < 4.78 is 9.67. The molecule has 0 aliphatic heterocycles. The van der Waals surface area contributed by atoms with Gasteiger partial charge >= 0.3 is 0 Å². The molecule has 5 rings (SSSR count). The summed E-state index contributed by atoms with van der Waals surface area (Å²) in [6.45, 7) is 0.333. The van der Waals surface area contributed by atoms with Crippen LogP contribution in [0.25, 0.3) is 22.4 Å². The summed E-state index contributed by atoms with van der Waals surface area (Å²) in [5, 5.41) is 6.45. The van der Waals surface area contributed by atoms with Crippen molar-refractivity contribution < 1.29 is 4.74 Å². The molecule has 2 aromatic carbocycles. The number of fused-ring (bicyclic) bond motifs is 2. The molecule has 0 radical (unpaired) electrons. The third-order valence-corrected chi connectivity index (χ3v) is 4.23. The fraction of sp³-hybridized carbons (Fsp3) is 0.0526. The number of nitrogens with zero attached hydrogens (tertiary/aromatic N) is 6. The van der Waals surface area contributed by atoms with E-state index < -0.39 is 0 Å². The van der Waals surface area contributed by atoms with Crippen molar-refractivity contribution in [2.75, 3.05) is 0 Å². The molecule has 0 saturated carbocycles. The highest BCUT2D eigenvalue weighted by molar-refractivity contribution is 5.88. The standard InChI is InChI=1S/C19H14N6O/c1-2-6-15-14(4-1)5-3-7-16(15)26-12-17-20-10-11-24(17)18-8-9-21-19-22-13-23-25(18)19/h1-11,13H,12H2. The molecule has 0 fully saturated rings. The Labute approximate surface area is 148 Å². The fourth-order valence-corrected chi connectivity index (χ4v) is 3.02. The summed E-state index contributed by atoms with van der Waals surface area (Å²) >= 11 is 0. The van der Waals surface area contributed by atoms with Gasteiger partial charge in [0.1, 0.15) is 24.5 Å². The van der Waals surface area contributed by atoms with Crippen LogP contribution in [0, 0.1) is 0 Å². The Balaban J connectivity index is 1.49. The van der Waals surface area contributed by atoms with Gasteiger partial charge in [0.05, 0.1) is 0 Å². The Bertz CT molecular complexity index is 1200. The van der Waals surface area contributed by atoms with E-state index in [1.54, 1.807) is 16.9 Å². The van der Waals surface area contributed by atoms with Gasteiger partial charge in [0.15, 0.2) is 5.82 Å². The molecule has 3 aromatic heterocycles. The molecule has 7 nitrogen and oxygen atoms in total. The van der Waals surface area contributed by atoms with E-state index in [1.165, 1.54) is 6.33 Å². The van der Waals surface area contributed by atoms with Crippen molar-refractivity contribution in [3.05, 3.63) is 79.3 Å². The van der Waals surface area contributed by atoms with Crippen LogP contribution in [0.3, 0.4) is 0 Å². The Morgan fingerprint density at radius 2 is 1.81 bits per heavy atom. The lowest BCUT2D eigenvalue weighted by atomic mass is 10.1. The van der Waals surface area contributed by atoms with E-state index in [0.29, 0.717) is 12.4 Å². The first-order chi connectivity index (χ1) is 12.9. The number of ether oxygens (including phenoxy) is 1. The first kappa shape index (κ1) is 14.6. The Morgan fingerprint density at radius 3 is 2.81 bits per heavy atom. The molecule has 126 valence electrons. The molecule has 0 amide bonds. The predicted molar refractivity (Wildman–Crippen MR) is 96.2 cm³/mol. The second kappa shape index (κ2) is 5.96. The zero-order valence-corrected chi connectivity index (χ0v) is 13.7. The summed E-state index contributed by atoms with van der Waals surface area (Å²) in [5.41, 5.74) is 0. The molecular formula is C19H14N6O. The molecule has 0 atom stereocenters. The van der Waals surface area contributed by atoms with Crippen molar-refractivity contribution in [1.82, 2.24) is 29.1 Å². The van der Waals surface area contributed by atoms with Crippen molar-refractivity contribution in [1.29, 1.82) is 0 Å². The van der Waals surface area contributed by atoms with Crippen molar-refractivity contribution in [2.45, 2.75) is 6.61 Å². The van der Waals surface area contributed by atoms with Gasteiger partial charge in [0.25, 0.3) is 5.78 Å². The van der Waals surface area contributed by atoms with E-state index in [0.717, 1.165) is 28.2 Å². The first-order valence-electron chi connectivity index (χ1n) is 8.18. The second-order valence-electron chi connectivity index (χ2n) is 5.75. The van der Waals surface area contributed by atoms with Gasteiger partial charge < -0.3 is 4.74 Å². The molecule has 0 aliphatic carbocycles. The molecular weight excluding hydrogens is 328 g/mol. The molecule has 5 aromatic rings. The average molecular weight is 342 g/mol. The molecule has 0 saturated heterocycles. The highest BCUT2D eigenvalue weighted by atomic mass is 16.5. The summed E-state index contributed by atoms with van der Waals surface area (Å²) in [6, 6.07) is 16.1. The number of aromatic nitrogens is 6. The third kappa shape index (κ3) is 2.37. The van der Waals surface area contributed by atoms with Crippen LogP contribution in [0.1, 0.15) is 5.82 Å². The SMILES string of the molecule is c1ccc2c(OCc3nccn3-c3ccnc4ncnn34)cccc2c1. The zero-order chi connectivity index (χ0) is 17.3. The van der Waals surface area contributed by atoms with Crippen molar-refractivity contribution in [3.63, 3.8) is 0 Å². The van der Waals surface area contributed by atoms with Crippen LogP contribution < -0.4 is 4.74 Å². The minimum atomic E-state index is 0.333. The van der Waals surface area contributed by atoms with Crippen molar-refractivity contribution in [2.24, 2.45) is 0 Å². The number of benzene rings is 2. The van der Waals surface area contributed by atoms with Gasteiger partial charge in [0.2, 0.25) is 0 Å². The Morgan fingerprint density at radius 1 is 0.885 bits per heavy atom. The smallest absolute Gasteiger partial charge is 0.254 e. The van der Waals surface area contributed by atoms with Gasteiger partial charge in [-0.2, -0.15) is 14.6 Å². The minimum absolute atomic E-state index is 0.333. The highest BCUT2D eigenvalue weighted by Gasteiger charge is 2.11. The molecule has 7 heteroatoms. The van der Waals surface area contributed by atoms with Crippen molar-refractivity contribution >= 4 is 16.6 Å². The van der Waals surface area contributed by atoms with Crippen LogP contribution in [0.5, 0.6) is 5.75 Å². The van der Waals surface area contributed by atoms with Crippen LogP contribution in [0.4, 0.5) is 0 Å². The summed E-state index contributed by atoms with van der Waals surface area (Å²) in [5.74, 6) is 2.94. The van der Waals surface area contributed by atoms with Gasteiger partial charge in [-0.05, 0) is 11.5 Å². The molecule has 0 aliphatic rings. The Hall–Kier alpha value is -3.74.